The van der Waals surface area contributed by atoms with E-state index in [4.69, 9.17) is 4.74 Å². The molecule has 120 valence electrons. The number of carbonyl (C=O) groups excluding carboxylic acids is 1. The summed E-state index contributed by atoms with van der Waals surface area (Å²) >= 11 is 0. The van der Waals surface area contributed by atoms with Crippen LogP contribution in [-0.2, 0) is 0 Å². The van der Waals surface area contributed by atoms with Crippen LogP contribution in [0.3, 0.4) is 0 Å². The predicted molar refractivity (Wildman–Crippen MR) is 92.6 cm³/mol. The number of methoxy groups -OCH3 is 1. The van der Waals surface area contributed by atoms with Crippen molar-refractivity contribution in [3.8, 4) is 5.75 Å². The first kappa shape index (κ1) is 15.5. The Hall–Kier alpha value is -3.41. The highest BCUT2D eigenvalue weighted by Crippen LogP contribution is 2.14. The maximum Gasteiger partial charge on any atom is 0.272 e. The second kappa shape index (κ2) is 6.78. The highest BCUT2D eigenvalue weighted by molar-refractivity contribution is 6.06. The molecule has 0 aliphatic heterocycles. The third kappa shape index (κ3) is 3.33. The lowest BCUT2D eigenvalue weighted by atomic mass is 10.1. The fourth-order valence-electron chi connectivity index (χ4n) is 2.31. The molecular weight excluding hydrogens is 306 g/mol. The topological polar surface area (TPSA) is 83.5 Å². The Bertz CT molecular complexity index is 959. The normalized spacial score (nSPS) is 10.9. The van der Waals surface area contributed by atoms with Gasteiger partial charge in [-0.05, 0) is 35.9 Å². The zero-order valence-corrected chi connectivity index (χ0v) is 12.9. The van der Waals surface area contributed by atoms with Gasteiger partial charge in [-0.15, -0.1) is 0 Å². The van der Waals surface area contributed by atoms with Crippen molar-refractivity contribution >= 4 is 23.0 Å². The quantitative estimate of drug-likeness (QED) is 0.571. The minimum Gasteiger partial charge on any atom is -0.497 e. The number of hydrogen-bond donors (Lipinski definition) is 2. The molecule has 1 heterocycles. The second-order valence-corrected chi connectivity index (χ2v) is 5.07. The maximum atomic E-state index is 12.3. The number of H-pyrrole nitrogens is 1. The minimum atomic E-state index is -0.443. The smallest absolute Gasteiger partial charge is 0.272 e. The summed E-state index contributed by atoms with van der Waals surface area (Å²) in [5.41, 5.74) is 3.80. The number of pyridine rings is 1. The molecule has 2 aromatic carbocycles. The van der Waals surface area contributed by atoms with Gasteiger partial charge in [0.15, 0.2) is 0 Å². The zero-order chi connectivity index (χ0) is 16.9. The first-order valence-electron chi connectivity index (χ1n) is 7.27. The van der Waals surface area contributed by atoms with E-state index in [1.54, 1.807) is 43.5 Å². The van der Waals surface area contributed by atoms with Gasteiger partial charge in [0.1, 0.15) is 5.75 Å². The van der Waals surface area contributed by atoms with Crippen molar-refractivity contribution in [1.29, 1.82) is 0 Å². The van der Waals surface area contributed by atoms with Crippen molar-refractivity contribution in [3.63, 3.8) is 0 Å². The molecule has 0 bridgehead atoms. The Morgan fingerprint density at radius 3 is 2.67 bits per heavy atom. The van der Waals surface area contributed by atoms with Crippen molar-refractivity contribution in [2.45, 2.75) is 0 Å². The average Bonchev–Trinajstić information content (AvgIpc) is 2.61. The third-order valence-corrected chi connectivity index (χ3v) is 3.49. The third-order valence-electron chi connectivity index (χ3n) is 3.49. The number of carbonyl (C=O) groups is 1. The molecule has 6 nitrogen and oxygen atoms in total. The molecule has 1 aromatic heterocycles. The lowest BCUT2D eigenvalue weighted by molar-refractivity contribution is 0.0956. The number of rotatable bonds is 4. The standard InChI is InChI=1S/C18H15N3O3/c1-24-13-8-6-12(7-9-13)11-19-21-18(23)15-10-17(22)20-16-5-3-2-4-14(15)16/h2-11H,1H3,(H,20,22)(H,21,23)/b19-11+. The van der Waals surface area contributed by atoms with Gasteiger partial charge in [0.05, 0.1) is 18.9 Å². The number of aromatic nitrogens is 1. The SMILES string of the molecule is COc1ccc(/C=N/NC(=O)c2cc(=O)[nH]c3ccccc23)cc1. The fraction of sp³-hybridized carbons (Fsp3) is 0.0556. The van der Waals surface area contributed by atoms with Crippen molar-refractivity contribution in [1.82, 2.24) is 10.4 Å². The number of hydrazone groups is 1. The number of para-hydroxylation sites is 1. The van der Waals surface area contributed by atoms with Gasteiger partial charge in [-0.2, -0.15) is 5.10 Å². The number of nitrogens with zero attached hydrogens (tertiary/aromatic N) is 1. The minimum absolute atomic E-state index is 0.279. The largest absolute Gasteiger partial charge is 0.497 e. The van der Waals surface area contributed by atoms with Crippen LogP contribution in [0.4, 0.5) is 0 Å². The molecule has 0 unspecified atom stereocenters. The molecule has 0 saturated heterocycles. The van der Waals surface area contributed by atoms with Crippen molar-refractivity contribution < 1.29 is 9.53 Å². The molecule has 0 aliphatic rings. The van der Waals surface area contributed by atoms with E-state index >= 15 is 0 Å². The summed E-state index contributed by atoms with van der Waals surface area (Å²) in [5.74, 6) is 0.299. The van der Waals surface area contributed by atoms with Crippen LogP contribution in [0, 0.1) is 0 Å². The van der Waals surface area contributed by atoms with Gasteiger partial charge in [0.2, 0.25) is 5.56 Å². The molecule has 0 spiro atoms. The number of fused-ring (bicyclic) bond motifs is 1. The lowest BCUT2D eigenvalue weighted by Gasteiger charge is -2.04. The van der Waals surface area contributed by atoms with E-state index in [1.807, 2.05) is 12.1 Å². The van der Waals surface area contributed by atoms with Crippen LogP contribution in [0.15, 0.2) is 64.5 Å². The molecule has 6 heteroatoms. The Morgan fingerprint density at radius 2 is 1.92 bits per heavy atom. The number of ether oxygens (including phenoxy) is 1. The summed E-state index contributed by atoms with van der Waals surface area (Å²) < 4.78 is 5.08. The number of nitrogens with one attached hydrogen (secondary N) is 2. The summed E-state index contributed by atoms with van der Waals surface area (Å²) in [6, 6.07) is 15.6. The molecule has 0 aliphatic carbocycles. The van der Waals surface area contributed by atoms with Crippen LogP contribution in [0.1, 0.15) is 15.9 Å². The molecule has 0 atom stereocenters. The van der Waals surface area contributed by atoms with Gasteiger partial charge in [-0.3, -0.25) is 9.59 Å². The highest BCUT2D eigenvalue weighted by atomic mass is 16.5. The maximum absolute atomic E-state index is 12.3. The van der Waals surface area contributed by atoms with Crippen LogP contribution in [0.5, 0.6) is 5.75 Å². The summed E-state index contributed by atoms with van der Waals surface area (Å²) in [7, 11) is 1.59. The summed E-state index contributed by atoms with van der Waals surface area (Å²) in [6.07, 6.45) is 1.52. The van der Waals surface area contributed by atoms with Gasteiger partial charge in [-0.1, -0.05) is 18.2 Å². The van der Waals surface area contributed by atoms with Crippen molar-refractivity contribution in [2.75, 3.05) is 7.11 Å². The summed E-state index contributed by atoms with van der Waals surface area (Å²) in [6.45, 7) is 0. The first-order chi connectivity index (χ1) is 11.7. The van der Waals surface area contributed by atoms with E-state index in [-0.39, 0.29) is 11.1 Å². The van der Waals surface area contributed by atoms with E-state index in [9.17, 15) is 9.59 Å². The Kier molecular flexibility index (Phi) is 4.38. The fourth-order valence-corrected chi connectivity index (χ4v) is 2.31. The van der Waals surface area contributed by atoms with E-state index in [0.717, 1.165) is 11.3 Å². The van der Waals surface area contributed by atoms with Crippen molar-refractivity contribution in [2.24, 2.45) is 5.10 Å². The molecule has 24 heavy (non-hydrogen) atoms. The Labute approximate surface area is 137 Å². The second-order valence-electron chi connectivity index (χ2n) is 5.07. The van der Waals surface area contributed by atoms with Crippen LogP contribution in [-0.4, -0.2) is 24.2 Å². The van der Waals surface area contributed by atoms with E-state index in [0.29, 0.717) is 10.9 Å². The molecule has 3 aromatic rings. The monoisotopic (exact) mass is 321 g/mol. The number of benzene rings is 2. The lowest BCUT2D eigenvalue weighted by Crippen LogP contribution is -2.20. The van der Waals surface area contributed by atoms with Crippen molar-refractivity contribution in [3.05, 3.63) is 76.1 Å². The number of aromatic amines is 1. The number of hydrogen-bond acceptors (Lipinski definition) is 4. The van der Waals surface area contributed by atoms with Crippen LogP contribution >= 0.6 is 0 Å². The van der Waals surface area contributed by atoms with Crippen LogP contribution < -0.4 is 15.7 Å². The Morgan fingerprint density at radius 1 is 1.17 bits per heavy atom. The Balaban J connectivity index is 1.80. The van der Waals surface area contributed by atoms with Gasteiger partial charge in [0, 0.05) is 17.0 Å². The van der Waals surface area contributed by atoms with Crippen LogP contribution in [0.2, 0.25) is 0 Å². The van der Waals surface area contributed by atoms with E-state index in [2.05, 4.69) is 15.5 Å². The van der Waals surface area contributed by atoms with Crippen LogP contribution in [0.25, 0.3) is 10.9 Å². The number of amides is 1. The molecule has 3 rings (SSSR count). The molecule has 0 fully saturated rings. The molecule has 2 N–H and O–H groups in total. The van der Waals surface area contributed by atoms with Gasteiger partial charge in [-0.25, -0.2) is 5.43 Å². The molecule has 0 radical (unpaired) electrons. The summed E-state index contributed by atoms with van der Waals surface area (Å²) in [5, 5.41) is 4.59. The molecule has 0 saturated carbocycles. The average molecular weight is 321 g/mol. The van der Waals surface area contributed by atoms with E-state index < -0.39 is 5.91 Å². The van der Waals surface area contributed by atoms with Gasteiger partial charge in [0.25, 0.3) is 5.91 Å². The summed E-state index contributed by atoms with van der Waals surface area (Å²) in [4.78, 5) is 26.7. The highest BCUT2D eigenvalue weighted by Gasteiger charge is 2.10. The zero-order valence-electron chi connectivity index (χ0n) is 12.9. The van der Waals surface area contributed by atoms with Gasteiger partial charge < -0.3 is 9.72 Å². The van der Waals surface area contributed by atoms with Gasteiger partial charge >= 0.3 is 0 Å². The first-order valence-corrected chi connectivity index (χ1v) is 7.27. The predicted octanol–water partition coefficient (Wildman–Crippen LogP) is 2.30. The van der Waals surface area contributed by atoms with E-state index in [1.165, 1.54) is 12.3 Å². The molecule has 1 amide bonds. The molecular formula is C18H15N3O3.